The molecule has 5 rings (SSSR count). The van der Waals surface area contributed by atoms with Crippen LogP contribution in [0.25, 0.3) is 16.8 Å². The first-order valence-corrected chi connectivity index (χ1v) is 12.1. The largest absolute Gasteiger partial charge is 0.398 e. The Morgan fingerprint density at radius 3 is 2.42 bits per heavy atom. The number of aryl methyl sites for hydroxylation is 1. The number of nitrogens with two attached hydrogens (primary N) is 1. The van der Waals surface area contributed by atoms with E-state index in [1.165, 1.54) is 6.07 Å². The van der Waals surface area contributed by atoms with Gasteiger partial charge in [0.1, 0.15) is 11.6 Å². The van der Waals surface area contributed by atoms with Gasteiger partial charge in [0.25, 0.3) is 0 Å². The van der Waals surface area contributed by atoms with E-state index in [0.717, 1.165) is 23.1 Å². The van der Waals surface area contributed by atoms with Crippen LogP contribution in [0.3, 0.4) is 0 Å². The number of allylic oxidation sites excluding steroid dienone is 1. The van der Waals surface area contributed by atoms with Crippen LogP contribution in [0.1, 0.15) is 67.9 Å². The average molecular weight is 466 g/mol. The van der Waals surface area contributed by atoms with Crippen molar-refractivity contribution in [1.29, 1.82) is 0 Å². The molecule has 3 aromatic carbocycles. The monoisotopic (exact) mass is 465 g/mol. The van der Waals surface area contributed by atoms with Gasteiger partial charge in [-0.3, -0.25) is 0 Å². The second kappa shape index (κ2) is 8.95. The molecule has 33 heavy (non-hydrogen) atoms. The molecule has 0 amide bonds. The van der Waals surface area contributed by atoms with Gasteiger partial charge in [-0.15, -0.1) is 0 Å². The lowest BCUT2D eigenvalue weighted by molar-refractivity contribution is 0.459. The Bertz CT molecular complexity index is 1230. The Morgan fingerprint density at radius 2 is 1.76 bits per heavy atom. The van der Waals surface area contributed by atoms with Crippen molar-refractivity contribution in [3.8, 4) is 11.1 Å². The molecule has 0 aliphatic heterocycles. The van der Waals surface area contributed by atoms with Gasteiger partial charge < -0.3 is 5.73 Å². The molecule has 0 fully saturated rings. The van der Waals surface area contributed by atoms with Crippen LogP contribution < -0.4 is 5.73 Å². The van der Waals surface area contributed by atoms with Crippen molar-refractivity contribution in [3.63, 3.8) is 0 Å². The van der Waals surface area contributed by atoms with E-state index in [-0.39, 0.29) is 22.2 Å². The van der Waals surface area contributed by atoms with Crippen molar-refractivity contribution < 1.29 is 8.78 Å². The third-order valence-corrected chi connectivity index (χ3v) is 7.35. The summed E-state index contributed by atoms with van der Waals surface area (Å²) in [5.41, 5.74) is 11.6. The zero-order valence-electron chi connectivity index (χ0n) is 19.6. The zero-order chi connectivity index (χ0) is 23.9. The summed E-state index contributed by atoms with van der Waals surface area (Å²) in [5, 5.41) is -0.0297. The molecule has 2 N–H and O–H groups in total. The molecular formula is C29H30ClF2N. The first-order valence-electron chi connectivity index (χ1n) is 11.7. The molecule has 0 radical (unpaired) electrons. The van der Waals surface area contributed by atoms with Gasteiger partial charge in [0.05, 0.1) is 5.02 Å². The van der Waals surface area contributed by atoms with Crippen LogP contribution in [-0.2, 0) is 18.3 Å². The summed E-state index contributed by atoms with van der Waals surface area (Å²) in [6.45, 7) is 8.18. The van der Waals surface area contributed by atoms with E-state index >= 15 is 8.78 Å². The van der Waals surface area contributed by atoms with Gasteiger partial charge in [-0.2, -0.15) is 0 Å². The number of fused-ring (bicyclic) bond motifs is 2. The van der Waals surface area contributed by atoms with Gasteiger partial charge in [0.15, 0.2) is 0 Å². The van der Waals surface area contributed by atoms with Gasteiger partial charge >= 0.3 is 0 Å². The lowest BCUT2D eigenvalue weighted by Gasteiger charge is -2.31. The molecule has 2 aliphatic carbocycles. The van der Waals surface area contributed by atoms with Crippen LogP contribution in [0.2, 0.25) is 5.02 Å². The number of hydrogen-bond donors (Lipinski definition) is 1. The quantitative estimate of drug-likeness (QED) is 0.414. The molecule has 0 heterocycles. The summed E-state index contributed by atoms with van der Waals surface area (Å²) < 4.78 is 30.8. The lowest BCUT2D eigenvalue weighted by Crippen LogP contribution is -2.26. The highest BCUT2D eigenvalue weighted by Gasteiger charge is 2.46. The average Bonchev–Trinajstić information content (AvgIpc) is 3.01. The molecule has 2 atom stereocenters. The summed E-state index contributed by atoms with van der Waals surface area (Å²) >= 11 is 6.56. The summed E-state index contributed by atoms with van der Waals surface area (Å²) in [4.78, 5) is 0. The second-order valence-electron chi connectivity index (χ2n) is 8.89. The normalized spacial score (nSPS) is 20.2. The fourth-order valence-electron chi connectivity index (χ4n) is 5.47. The molecule has 3 aromatic rings. The van der Waals surface area contributed by atoms with E-state index in [1.54, 1.807) is 6.07 Å². The van der Waals surface area contributed by atoms with Crippen molar-refractivity contribution in [1.82, 2.24) is 0 Å². The molecule has 2 aliphatic rings. The van der Waals surface area contributed by atoms with Crippen molar-refractivity contribution in [2.75, 3.05) is 0 Å². The molecule has 0 aromatic heterocycles. The molecular weight excluding hydrogens is 436 g/mol. The Kier molecular flexibility index (Phi) is 6.37. The third-order valence-electron chi connectivity index (χ3n) is 6.98. The van der Waals surface area contributed by atoms with E-state index in [4.69, 9.17) is 17.3 Å². The number of rotatable bonds is 3. The SMILES string of the molecule is CC.CCCc1ccc2c(c1F)-c1c(Cl)c(F)cc3c1C(C=C2N)C(C)(c1ccccc1)C3. The van der Waals surface area contributed by atoms with Crippen molar-refractivity contribution in [2.45, 2.75) is 58.3 Å². The summed E-state index contributed by atoms with van der Waals surface area (Å²) in [7, 11) is 0. The molecule has 1 nitrogen and oxygen atoms in total. The van der Waals surface area contributed by atoms with Gasteiger partial charge in [0, 0.05) is 33.7 Å². The maximum atomic E-state index is 15.8. The maximum absolute atomic E-state index is 15.8. The molecule has 2 unspecified atom stereocenters. The molecule has 4 heteroatoms. The zero-order valence-corrected chi connectivity index (χ0v) is 20.4. The first kappa shape index (κ1) is 23.5. The van der Waals surface area contributed by atoms with E-state index in [2.05, 4.69) is 19.1 Å². The summed E-state index contributed by atoms with van der Waals surface area (Å²) in [5.74, 6) is -1.00. The van der Waals surface area contributed by atoms with Crippen LogP contribution >= 0.6 is 11.6 Å². The molecule has 0 bridgehead atoms. The standard InChI is InChI=1S/C27H24ClF2N.C2H6/c1-3-7-15-10-11-18-21(31)13-19-22-16(14-27(19,2)17-8-5-4-6-9-17)12-20(29)25(28)24(22)23(18)26(15)30;1-2/h4-6,8-13,19H,3,7,14,31H2,1-2H3;1-2H3. The van der Waals surface area contributed by atoms with E-state index in [0.29, 0.717) is 40.8 Å². The molecule has 0 saturated heterocycles. The van der Waals surface area contributed by atoms with Crippen molar-refractivity contribution >= 4 is 17.3 Å². The highest BCUT2D eigenvalue weighted by molar-refractivity contribution is 6.34. The fourth-order valence-corrected chi connectivity index (χ4v) is 5.72. The van der Waals surface area contributed by atoms with Crippen LogP contribution in [0.15, 0.2) is 54.6 Å². The predicted octanol–water partition coefficient (Wildman–Crippen LogP) is 8.17. The second-order valence-corrected chi connectivity index (χ2v) is 9.27. The number of halogens is 3. The van der Waals surface area contributed by atoms with Crippen molar-refractivity contribution in [2.24, 2.45) is 5.73 Å². The Labute approximate surface area is 200 Å². The Hall–Kier alpha value is -2.65. The molecule has 0 spiro atoms. The Balaban J connectivity index is 0.00000126. The third kappa shape index (κ3) is 3.58. The predicted molar refractivity (Wildman–Crippen MR) is 135 cm³/mol. The van der Waals surface area contributed by atoms with Gasteiger partial charge in [-0.05, 0) is 41.2 Å². The minimum atomic E-state index is -0.516. The number of benzene rings is 3. The minimum Gasteiger partial charge on any atom is -0.398 e. The smallest absolute Gasteiger partial charge is 0.142 e. The minimum absolute atomic E-state index is 0.0297. The van der Waals surface area contributed by atoms with Crippen LogP contribution in [-0.4, -0.2) is 0 Å². The highest BCUT2D eigenvalue weighted by Crippen LogP contribution is 2.57. The van der Waals surface area contributed by atoms with Crippen LogP contribution in [0.4, 0.5) is 8.78 Å². The summed E-state index contributed by atoms with van der Waals surface area (Å²) in [6.07, 6.45) is 4.06. The topological polar surface area (TPSA) is 26.0 Å². The molecule has 0 saturated carbocycles. The lowest BCUT2D eigenvalue weighted by atomic mass is 9.72. The maximum Gasteiger partial charge on any atom is 0.142 e. The Morgan fingerprint density at radius 1 is 1.06 bits per heavy atom. The van der Waals surface area contributed by atoms with Gasteiger partial charge in [0.2, 0.25) is 0 Å². The molecule has 172 valence electrons. The van der Waals surface area contributed by atoms with E-state index in [1.807, 2.05) is 51.1 Å². The number of hydrogen-bond acceptors (Lipinski definition) is 1. The summed E-state index contributed by atoms with van der Waals surface area (Å²) in [6, 6.07) is 15.3. The van der Waals surface area contributed by atoms with E-state index < -0.39 is 5.82 Å². The van der Waals surface area contributed by atoms with E-state index in [9.17, 15) is 0 Å². The van der Waals surface area contributed by atoms with Gasteiger partial charge in [-0.1, -0.05) is 94.3 Å². The first-order chi connectivity index (χ1) is 15.9. The van der Waals surface area contributed by atoms with Gasteiger partial charge in [-0.25, -0.2) is 8.78 Å². The van der Waals surface area contributed by atoms with Crippen molar-refractivity contribution in [3.05, 3.63) is 99.1 Å². The fraction of sp³-hybridized carbons (Fsp3) is 0.310. The van der Waals surface area contributed by atoms with Crippen LogP contribution in [0, 0.1) is 11.6 Å². The highest BCUT2D eigenvalue weighted by atomic mass is 35.5. The van der Waals surface area contributed by atoms with Crippen LogP contribution in [0.5, 0.6) is 0 Å².